The van der Waals surface area contributed by atoms with E-state index >= 15 is 4.39 Å². The van der Waals surface area contributed by atoms with E-state index in [-0.39, 0.29) is 47.0 Å². The lowest BCUT2D eigenvalue weighted by molar-refractivity contribution is -0.124. The Morgan fingerprint density at radius 1 is 1.06 bits per heavy atom. The molecule has 0 N–H and O–H groups in total. The number of imide groups is 1. The number of anilines is 1. The average Bonchev–Trinajstić information content (AvgIpc) is 3.61. The number of nitrogens with zero attached hydrogens (tertiary/aromatic N) is 1. The number of benzene rings is 2. The lowest BCUT2D eigenvalue weighted by atomic mass is 9.63. The standard InChI is InChI=1S/C27H21ClFNO4/c1-34-23-9-4-14(11-19(23)28)22(31)8-3-13-2-7-21(20(29)10-13)30-26(32)24-15-5-6-16(18-12-17(15)18)25(24)27(30)33/h2-11,15-18,24-25H,12H2,1H3/b8-3+/t15?,16?,17-,18+,24?,25?. The summed E-state index contributed by atoms with van der Waals surface area (Å²) in [4.78, 5) is 39.9. The molecule has 1 aliphatic heterocycles. The number of ketones is 1. The highest BCUT2D eigenvalue weighted by atomic mass is 35.5. The SMILES string of the molecule is COc1ccc(C(=O)/C=C/c2ccc(N3C(=O)C4C(C3=O)C3C=CC4[C@H]4C[C@@H]34)c(F)c2)cc1Cl. The molecular formula is C27H21ClFNO4. The van der Waals surface area contributed by atoms with Gasteiger partial charge in [-0.2, -0.15) is 0 Å². The number of rotatable bonds is 5. The Kier molecular flexibility index (Phi) is 4.78. The number of allylic oxidation sites excluding steroid dienone is 3. The Morgan fingerprint density at radius 3 is 2.32 bits per heavy atom. The van der Waals surface area contributed by atoms with Crippen LogP contribution in [-0.2, 0) is 9.59 Å². The van der Waals surface area contributed by atoms with Crippen molar-refractivity contribution in [2.24, 2.45) is 35.5 Å². The first-order chi connectivity index (χ1) is 16.4. The molecule has 3 fully saturated rings. The van der Waals surface area contributed by atoms with Crippen molar-refractivity contribution in [3.05, 3.63) is 76.6 Å². The monoisotopic (exact) mass is 477 g/mol. The van der Waals surface area contributed by atoms with Crippen molar-refractivity contribution in [3.63, 3.8) is 0 Å². The molecule has 7 heteroatoms. The second-order valence-corrected chi connectivity index (χ2v) is 9.83. The Hall–Kier alpha value is -3.25. The van der Waals surface area contributed by atoms with Gasteiger partial charge in [0.25, 0.3) is 0 Å². The number of methoxy groups -OCH3 is 1. The molecule has 0 aromatic heterocycles. The minimum absolute atomic E-state index is 0.0251. The lowest BCUT2D eigenvalue weighted by Crippen LogP contribution is -2.40. The second-order valence-electron chi connectivity index (χ2n) is 9.42. The topological polar surface area (TPSA) is 63.7 Å². The van der Waals surface area contributed by atoms with Crippen molar-refractivity contribution in [2.45, 2.75) is 6.42 Å². The van der Waals surface area contributed by atoms with Crippen LogP contribution in [-0.4, -0.2) is 24.7 Å². The quantitative estimate of drug-likeness (QED) is 0.265. The third-order valence-corrected chi connectivity index (χ3v) is 8.03. The molecule has 7 rings (SSSR count). The summed E-state index contributed by atoms with van der Waals surface area (Å²) in [7, 11) is 1.49. The minimum atomic E-state index is -0.673. The molecule has 4 unspecified atom stereocenters. The Morgan fingerprint density at radius 2 is 1.74 bits per heavy atom. The van der Waals surface area contributed by atoms with E-state index in [1.807, 2.05) is 0 Å². The summed E-state index contributed by atoms with van der Waals surface area (Å²) < 4.78 is 20.2. The van der Waals surface area contributed by atoms with Gasteiger partial charge in [0.1, 0.15) is 11.6 Å². The van der Waals surface area contributed by atoms with Gasteiger partial charge in [-0.1, -0.05) is 35.9 Å². The number of ether oxygens (including phenoxy) is 1. The first-order valence-corrected chi connectivity index (χ1v) is 11.7. The van der Waals surface area contributed by atoms with Crippen molar-refractivity contribution in [2.75, 3.05) is 12.0 Å². The Labute approximate surface area is 200 Å². The molecule has 5 aliphatic rings. The summed E-state index contributed by atoms with van der Waals surface area (Å²) in [5, 5.41) is 0.318. The highest BCUT2D eigenvalue weighted by Gasteiger charge is 2.67. The van der Waals surface area contributed by atoms with Crippen LogP contribution < -0.4 is 9.64 Å². The van der Waals surface area contributed by atoms with E-state index in [0.29, 0.717) is 33.7 Å². The molecular weight excluding hydrogens is 457 g/mol. The van der Waals surface area contributed by atoms with E-state index in [4.69, 9.17) is 16.3 Å². The lowest BCUT2D eigenvalue weighted by Gasteiger charge is -2.37. The zero-order valence-corrected chi connectivity index (χ0v) is 19.0. The number of halogens is 2. The van der Waals surface area contributed by atoms with Crippen LogP contribution in [0.4, 0.5) is 10.1 Å². The van der Waals surface area contributed by atoms with Crippen LogP contribution in [0.1, 0.15) is 22.3 Å². The van der Waals surface area contributed by atoms with Gasteiger partial charge in [-0.3, -0.25) is 14.4 Å². The van der Waals surface area contributed by atoms with Gasteiger partial charge in [0.15, 0.2) is 5.78 Å². The van der Waals surface area contributed by atoms with Crippen LogP contribution in [0.5, 0.6) is 5.75 Å². The zero-order valence-electron chi connectivity index (χ0n) is 18.3. The molecule has 6 atom stereocenters. The first kappa shape index (κ1) is 21.3. The summed E-state index contributed by atoms with van der Waals surface area (Å²) in [5.74, 6) is -0.704. The van der Waals surface area contributed by atoms with Crippen molar-refractivity contribution in [1.29, 1.82) is 0 Å². The normalized spacial score (nSPS) is 30.6. The molecule has 4 aliphatic carbocycles. The maximum atomic E-state index is 15.1. The van der Waals surface area contributed by atoms with E-state index in [9.17, 15) is 14.4 Å². The van der Waals surface area contributed by atoms with Crippen LogP contribution in [0.15, 0.2) is 54.6 Å². The zero-order chi connectivity index (χ0) is 23.7. The third kappa shape index (κ3) is 3.08. The molecule has 2 aromatic rings. The van der Waals surface area contributed by atoms with Gasteiger partial charge >= 0.3 is 0 Å². The van der Waals surface area contributed by atoms with Crippen molar-refractivity contribution < 1.29 is 23.5 Å². The van der Waals surface area contributed by atoms with Crippen LogP contribution in [0, 0.1) is 41.3 Å². The Balaban J connectivity index is 1.22. The predicted molar refractivity (Wildman–Crippen MR) is 125 cm³/mol. The van der Waals surface area contributed by atoms with Crippen molar-refractivity contribution in [3.8, 4) is 5.75 Å². The van der Waals surface area contributed by atoms with Gasteiger partial charge in [-0.05, 0) is 72.1 Å². The molecule has 1 heterocycles. The summed E-state index contributed by atoms with van der Waals surface area (Å²) >= 11 is 6.08. The maximum Gasteiger partial charge on any atom is 0.238 e. The van der Waals surface area contributed by atoms with E-state index < -0.39 is 5.82 Å². The molecule has 0 spiro atoms. The molecule has 0 radical (unpaired) electrons. The van der Waals surface area contributed by atoms with Crippen LogP contribution in [0.25, 0.3) is 6.08 Å². The smallest absolute Gasteiger partial charge is 0.238 e. The fourth-order valence-electron chi connectivity index (χ4n) is 6.09. The highest BCUT2D eigenvalue weighted by molar-refractivity contribution is 6.32. The number of amides is 2. The number of hydrogen-bond acceptors (Lipinski definition) is 4. The molecule has 1 saturated heterocycles. The van der Waals surface area contributed by atoms with Gasteiger partial charge in [0, 0.05) is 5.56 Å². The first-order valence-electron chi connectivity index (χ1n) is 11.3. The van der Waals surface area contributed by atoms with Gasteiger partial charge in [-0.15, -0.1) is 0 Å². The fraction of sp³-hybridized carbons (Fsp3) is 0.296. The van der Waals surface area contributed by atoms with Gasteiger partial charge < -0.3 is 4.74 Å². The van der Waals surface area contributed by atoms with E-state index in [2.05, 4.69) is 12.2 Å². The summed E-state index contributed by atoms with van der Waals surface area (Å²) in [5.41, 5.74) is 0.785. The molecule has 172 valence electrons. The molecule has 2 bridgehead atoms. The second kappa shape index (κ2) is 7.64. The number of hydrogen-bond donors (Lipinski definition) is 0. The summed E-state index contributed by atoms with van der Waals surface area (Å²) in [6.07, 6.45) is 8.06. The molecule has 5 nitrogen and oxygen atoms in total. The number of carbonyl (C=O) groups excluding carboxylic acids is 3. The summed E-state index contributed by atoms with van der Waals surface area (Å²) in [6, 6.07) is 8.96. The van der Waals surface area contributed by atoms with Crippen LogP contribution >= 0.6 is 11.6 Å². The van der Waals surface area contributed by atoms with Gasteiger partial charge in [-0.25, -0.2) is 9.29 Å². The van der Waals surface area contributed by atoms with E-state index in [0.717, 1.165) is 11.3 Å². The van der Waals surface area contributed by atoms with E-state index in [1.165, 1.54) is 37.5 Å². The highest BCUT2D eigenvalue weighted by Crippen LogP contribution is 2.65. The van der Waals surface area contributed by atoms with Crippen molar-refractivity contribution in [1.82, 2.24) is 0 Å². The molecule has 2 amide bonds. The van der Waals surface area contributed by atoms with E-state index in [1.54, 1.807) is 18.2 Å². The molecule has 2 saturated carbocycles. The van der Waals surface area contributed by atoms with Gasteiger partial charge in [0.2, 0.25) is 11.8 Å². The Bertz CT molecular complexity index is 1280. The predicted octanol–water partition coefficient (Wildman–Crippen LogP) is 4.94. The molecule has 34 heavy (non-hydrogen) atoms. The maximum absolute atomic E-state index is 15.1. The largest absolute Gasteiger partial charge is 0.495 e. The minimum Gasteiger partial charge on any atom is -0.495 e. The van der Waals surface area contributed by atoms with Crippen LogP contribution in [0.3, 0.4) is 0 Å². The average molecular weight is 478 g/mol. The van der Waals surface area contributed by atoms with Crippen LogP contribution in [0.2, 0.25) is 5.02 Å². The summed E-state index contributed by atoms with van der Waals surface area (Å²) in [6.45, 7) is 0. The molecule has 2 aromatic carbocycles. The van der Waals surface area contributed by atoms with Gasteiger partial charge in [0.05, 0.1) is 29.7 Å². The fourth-order valence-corrected chi connectivity index (χ4v) is 6.35. The number of carbonyl (C=O) groups is 3. The van der Waals surface area contributed by atoms with Crippen molar-refractivity contribution >= 4 is 41.0 Å². The third-order valence-electron chi connectivity index (χ3n) is 7.74.